The summed E-state index contributed by atoms with van der Waals surface area (Å²) in [6.07, 6.45) is -1.10. The lowest BCUT2D eigenvalue weighted by Gasteiger charge is -2.16. The number of phosphoric ester groups is 1. The third kappa shape index (κ3) is 3.92. The minimum Gasteiger partial charge on any atom is -0.390 e. The molecule has 3 atom stereocenters. The second-order valence-corrected chi connectivity index (χ2v) is 6.13. The second-order valence-electron chi connectivity index (χ2n) is 4.89. The van der Waals surface area contributed by atoms with Crippen LogP contribution in [0.2, 0.25) is 0 Å². The maximum atomic E-state index is 11.8. The van der Waals surface area contributed by atoms with Crippen LogP contribution in [0.4, 0.5) is 0 Å². The van der Waals surface area contributed by atoms with Crippen molar-refractivity contribution in [3.05, 3.63) is 32.6 Å². The maximum absolute atomic E-state index is 11.8. The average molecular weight is 336 g/mol. The normalized spacial score (nSPS) is 25.5. The molecule has 4 N–H and O–H groups in total. The zero-order valence-corrected chi connectivity index (χ0v) is 12.6. The standard InChI is InChI=1S/C11H17N2O8P/c1-2-6-4-13(11(16)12-10(6)15)9-3-7(14)8(21-9)5-20-22(17,18)19/h4,7-9,14H,2-3,5H2,1H3,(H,12,15,16)(H2,17,18,19)/t7-,8+,9+/m1/s1. The minimum atomic E-state index is -4.67. The third-order valence-corrected chi connectivity index (χ3v) is 3.83. The van der Waals surface area contributed by atoms with Crippen molar-refractivity contribution in [3.8, 4) is 0 Å². The molecule has 0 aliphatic carbocycles. The number of phosphoric acid groups is 1. The van der Waals surface area contributed by atoms with E-state index in [2.05, 4.69) is 9.51 Å². The van der Waals surface area contributed by atoms with Crippen molar-refractivity contribution < 1.29 is 28.7 Å². The van der Waals surface area contributed by atoms with Gasteiger partial charge in [-0.25, -0.2) is 9.36 Å². The first-order chi connectivity index (χ1) is 10.2. The van der Waals surface area contributed by atoms with Gasteiger partial charge in [0.15, 0.2) is 0 Å². The SMILES string of the molecule is CCc1cn([C@@H]2C[C@@H](O)[C@H](COP(=O)(O)O)O2)c(=O)[nH]c1=O. The molecule has 1 aromatic heterocycles. The summed E-state index contributed by atoms with van der Waals surface area (Å²) >= 11 is 0. The van der Waals surface area contributed by atoms with E-state index in [0.29, 0.717) is 12.0 Å². The summed E-state index contributed by atoms with van der Waals surface area (Å²) in [6.45, 7) is 1.24. The molecule has 1 saturated heterocycles. The minimum absolute atomic E-state index is 0.0320. The summed E-state index contributed by atoms with van der Waals surface area (Å²) in [5, 5.41) is 9.84. The highest BCUT2D eigenvalue weighted by molar-refractivity contribution is 7.46. The Bertz CT molecular complexity index is 692. The van der Waals surface area contributed by atoms with Crippen molar-refractivity contribution in [1.29, 1.82) is 0 Å². The molecule has 1 aliphatic heterocycles. The van der Waals surface area contributed by atoms with E-state index in [1.54, 1.807) is 6.92 Å². The number of aromatic amines is 1. The van der Waals surface area contributed by atoms with Crippen LogP contribution in [-0.2, 0) is 20.2 Å². The largest absolute Gasteiger partial charge is 0.469 e. The number of nitrogens with one attached hydrogen (secondary N) is 1. The molecule has 22 heavy (non-hydrogen) atoms. The van der Waals surface area contributed by atoms with Gasteiger partial charge in [-0.1, -0.05) is 6.92 Å². The summed E-state index contributed by atoms with van der Waals surface area (Å²) in [6, 6.07) is 0. The van der Waals surface area contributed by atoms with Gasteiger partial charge in [-0.15, -0.1) is 0 Å². The van der Waals surface area contributed by atoms with Crippen molar-refractivity contribution in [2.45, 2.75) is 38.2 Å². The van der Waals surface area contributed by atoms with E-state index in [-0.39, 0.29) is 6.42 Å². The highest BCUT2D eigenvalue weighted by Crippen LogP contribution is 2.38. The number of aromatic nitrogens is 2. The fourth-order valence-corrected chi connectivity index (χ4v) is 2.54. The first-order valence-electron chi connectivity index (χ1n) is 6.59. The average Bonchev–Trinajstić information content (AvgIpc) is 2.77. The molecule has 0 bridgehead atoms. The molecule has 0 radical (unpaired) electrons. The Labute approximate surface area is 124 Å². The van der Waals surface area contributed by atoms with E-state index in [0.717, 1.165) is 4.57 Å². The van der Waals surface area contributed by atoms with Crippen molar-refractivity contribution in [1.82, 2.24) is 9.55 Å². The number of nitrogens with zero attached hydrogens (tertiary/aromatic N) is 1. The van der Waals surface area contributed by atoms with Gasteiger partial charge in [-0.05, 0) is 6.42 Å². The van der Waals surface area contributed by atoms with Crippen molar-refractivity contribution in [2.24, 2.45) is 0 Å². The van der Waals surface area contributed by atoms with E-state index in [9.17, 15) is 19.3 Å². The smallest absolute Gasteiger partial charge is 0.390 e. The fourth-order valence-electron chi connectivity index (χ4n) is 2.20. The maximum Gasteiger partial charge on any atom is 0.469 e. The topological polar surface area (TPSA) is 151 Å². The van der Waals surface area contributed by atoms with Crippen molar-refractivity contribution in [2.75, 3.05) is 6.61 Å². The lowest BCUT2D eigenvalue weighted by Crippen LogP contribution is -2.34. The molecule has 1 aliphatic rings. The van der Waals surface area contributed by atoms with Gasteiger partial charge in [-0.3, -0.25) is 18.9 Å². The number of rotatable bonds is 5. The van der Waals surface area contributed by atoms with Crippen LogP contribution in [0.5, 0.6) is 0 Å². The molecule has 2 heterocycles. The second kappa shape index (κ2) is 6.45. The molecule has 0 amide bonds. The number of hydrogen-bond donors (Lipinski definition) is 4. The number of ether oxygens (including phenoxy) is 1. The number of aryl methyl sites for hydroxylation is 1. The Hall–Kier alpha value is -1.29. The van der Waals surface area contributed by atoms with Crippen LogP contribution in [0.25, 0.3) is 0 Å². The molecule has 1 aromatic rings. The molecule has 124 valence electrons. The van der Waals surface area contributed by atoms with Crippen molar-refractivity contribution >= 4 is 7.82 Å². The monoisotopic (exact) mass is 336 g/mol. The van der Waals surface area contributed by atoms with Crippen LogP contribution in [0, 0.1) is 0 Å². The van der Waals surface area contributed by atoms with E-state index >= 15 is 0 Å². The highest BCUT2D eigenvalue weighted by atomic mass is 31.2. The van der Waals surface area contributed by atoms with Crippen molar-refractivity contribution in [3.63, 3.8) is 0 Å². The van der Waals surface area contributed by atoms with E-state index in [4.69, 9.17) is 14.5 Å². The molecule has 0 saturated carbocycles. The van der Waals surface area contributed by atoms with E-state index < -0.39 is 44.1 Å². The van der Waals surface area contributed by atoms with Gasteiger partial charge < -0.3 is 19.6 Å². The molecule has 0 spiro atoms. The summed E-state index contributed by atoms with van der Waals surface area (Å²) in [7, 11) is -4.67. The first-order valence-corrected chi connectivity index (χ1v) is 8.12. The summed E-state index contributed by atoms with van der Waals surface area (Å²) in [5.41, 5.74) is -0.785. The highest BCUT2D eigenvalue weighted by Gasteiger charge is 2.37. The van der Waals surface area contributed by atoms with Gasteiger partial charge in [0, 0.05) is 18.2 Å². The first kappa shape index (κ1) is 17.1. The zero-order valence-electron chi connectivity index (χ0n) is 11.7. The van der Waals surface area contributed by atoms with E-state index in [1.165, 1.54) is 6.20 Å². The Morgan fingerprint density at radius 3 is 2.77 bits per heavy atom. The van der Waals surface area contributed by atoms with Gasteiger partial charge in [-0.2, -0.15) is 0 Å². The Kier molecular flexibility index (Phi) is 5.00. The van der Waals surface area contributed by atoms with Crippen LogP contribution in [0.3, 0.4) is 0 Å². The molecule has 0 aromatic carbocycles. The molecule has 1 fully saturated rings. The molecule has 0 unspecified atom stereocenters. The molecular weight excluding hydrogens is 319 g/mol. The number of hydrogen-bond acceptors (Lipinski definition) is 6. The summed E-state index contributed by atoms with van der Waals surface area (Å²) in [5.74, 6) is 0. The van der Waals surface area contributed by atoms with Gasteiger partial charge >= 0.3 is 13.5 Å². The van der Waals surface area contributed by atoms with Crippen LogP contribution < -0.4 is 11.2 Å². The number of aliphatic hydroxyl groups is 1. The Morgan fingerprint density at radius 2 is 2.18 bits per heavy atom. The third-order valence-electron chi connectivity index (χ3n) is 3.34. The van der Waals surface area contributed by atoms with Crippen LogP contribution in [-0.4, -0.2) is 43.3 Å². The lowest BCUT2D eigenvalue weighted by atomic mass is 10.2. The molecule has 11 heteroatoms. The van der Waals surface area contributed by atoms with Gasteiger partial charge in [0.1, 0.15) is 12.3 Å². The van der Waals surface area contributed by atoms with Crippen LogP contribution >= 0.6 is 7.82 Å². The van der Waals surface area contributed by atoms with Gasteiger partial charge in [0.25, 0.3) is 5.56 Å². The predicted octanol–water partition coefficient (Wildman–Crippen LogP) is -1.14. The van der Waals surface area contributed by atoms with E-state index in [1.807, 2.05) is 0 Å². The fraction of sp³-hybridized carbons (Fsp3) is 0.636. The zero-order chi connectivity index (χ0) is 16.5. The molecule has 10 nitrogen and oxygen atoms in total. The molecular formula is C11H17N2O8P. The summed E-state index contributed by atoms with van der Waals surface area (Å²) < 4.78 is 21.5. The quantitative estimate of drug-likeness (QED) is 0.492. The lowest BCUT2D eigenvalue weighted by molar-refractivity contribution is -0.0451. The Balaban J connectivity index is 2.17. The summed E-state index contributed by atoms with van der Waals surface area (Å²) in [4.78, 5) is 42.8. The number of H-pyrrole nitrogens is 1. The van der Waals surface area contributed by atoms with Gasteiger partial charge in [0.05, 0.1) is 12.7 Å². The molecule has 2 rings (SSSR count). The van der Waals surface area contributed by atoms with Crippen LogP contribution in [0.15, 0.2) is 15.8 Å². The number of aliphatic hydroxyl groups excluding tert-OH is 1. The Morgan fingerprint density at radius 1 is 1.50 bits per heavy atom. The van der Waals surface area contributed by atoms with Gasteiger partial charge in [0.2, 0.25) is 0 Å². The predicted molar refractivity (Wildman–Crippen MR) is 73.2 cm³/mol. The van der Waals surface area contributed by atoms with Crippen LogP contribution in [0.1, 0.15) is 25.1 Å².